The molecule has 1 fully saturated rings. The summed E-state index contributed by atoms with van der Waals surface area (Å²) in [6, 6.07) is 6.85. The van der Waals surface area contributed by atoms with Crippen LogP contribution < -0.4 is 15.5 Å². The van der Waals surface area contributed by atoms with Crippen molar-refractivity contribution in [3.8, 4) is 5.75 Å². The molecule has 1 aliphatic heterocycles. The number of nitrogens with zero attached hydrogens (tertiary/aromatic N) is 1. The van der Waals surface area contributed by atoms with Gasteiger partial charge < -0.3 is 19.9 Å². The molecule has 1 aromatic carbocycles. The Morgan fingerprint density at radius 2 is 2.12 bits per heavy atom. The van der Waals surface area contributed by atoms with E-state index in [2.05, 4.69) is 15.8 Å². The van der Waals surface area contributed by atoms with E-state index in [9.17, 15) is 9.59 Å². The normalized spacial score (nSPS) is 17.0. The van der Waals surface area contributed by atoms with Crippen molar-refractivity contribution in [2.45, 2.75) is 18.9 Å². The van der Waals surface area contributed by atoms with Gasteiger partial charge in [0.25, 0.3) is 11.8 Å². The van der Waals surface area contributed by atoms with Gasteiger partial charge in [0.05, 0.1) is 12.3 Å². The number of hydrogen-bond acceptors (Lipinski definition) is 6. The van der Waals surface area contributed by atoms with Crippen molar-refractivity contribution in [2.24, 2.45) is 5.10 Å². The molecule has 2 rings (SSSR count). The highest BCUT2D eigenvalue weighted by Gasteiger charge is 2.16. The van der Waals surface area contributed by atoms with Gasteiger partial charge in [0.15, 0.2) is 6.61 Å². The summed E-state index contributed by atoms with van der Waals surface area (Å²) in [6.07, 6.45) is 3.56. The number of hydrogen-bond donors (Lipinski definition) is 3. The van der Waals surface area contributed by atoms with Crippen molar-refractivity contribution in [2.75, 3.05) is 26.4 Å². The second-order valence-electron chi connectivity index (χ2n) is 5.25. The minimum Gasteiger partial charge on any atom is -0.484 e. The van der Waals surface area contributed by atoms with Crippen LogP contribution in [0.1, 0.15) is 18.4 Å². The minimum atomic E-state index is -0.612. The molecule has 1 saturated heterocycles. The summed E-state index contributed by atoms with van der Waals surface area (Å²) in [5.41, 5.74) is 2.90. The first-order valence-corrected chi connectivity index (χ1v) is 7.71. The number of hydrazone groups is 1. The molecule has 0 aromatic heterocycles. The summed E-state index contributed by atoms with van der Waals surface area (Å²) in [7, 11) is 0. The molecule has 130 valence electrons. The maximum absolute atomic E-state index is 11.7. The van der Waals surface area contributed by atoms with Crippen LogP contribution in [0.15, 0.2) is 29.4 Å². The predicted octanol–water partition coefficient (Wildman–Crippen LogP) is -0.197. The predicted molar refractivity (Wildman–Crippen MR) is 86.7 cm³/mol. The molecule has 1 heterocycles. The van der Waals surface area contributed by atoms with Crippen LogP contribution in [0.25, 0.3) is 0 Å². The van der Waals surface area contributed by atoms with E-state index in [0.29, 0.717) is 12.3 Å². The van der Waals surface area contributed by atoms with Gasteiger partial charge in [0.2, 0.25) is 0 Å². The molecule has 8 heteroatoms. The Bertz CT molecular complexity index is 568. The SMILES string of the molecule is O=C(COc1ccc(C=NNC(=O)CO)cc1)NCC1CCCO1. The fourth-order valence-corrected chi connectivity index (χ4v) is 2.10. The van der Waals surface area contributed by atoms with E-state index in [1.165, 1.54) is 6.21 Å². The highest BCUT2D eigenvalue weighted by molar-refractivity contribution is 5.82. The highest BCUT2D eigenvalue weighted by Crippen LogP contribution is 2.12. The van der Waals surface area contributed by atoms with Gasteiger partial charge in [0, 0.05) is 13.2 Å². The largest absolute Gasteiger partial charge is 0.484 e. The Balaban J connectivity index is 1.69. The van der Waals surface area contributed by atoms with Gasteiger partial charge in [-0.1, -0.05) is 0 Å². The monoisotopic (exact) mass is 335 g/mol. The van der Waals surface area contributed by atoms with Crippen LogP contribution in [0.5, 0.6) is 5.75 Å². The standard InChI is InChI=1S/C16H21N3O5/c20-10-15(21)19-18-8-12-3-5-13(6-4-12)24-11-16(22)17-9-14-2-1-7-23-14/h3-6,8,14,20H,1-2,7,9-11H2,(H,17,22)(H,19,21). The van der Waals surface area contributed by atoms with Gasteiger partial charge in [-0.15, -0.1) is 0 Å². The van der Waals surface area contributed by atoms with Crippen LogP contribution in [0.2, 0.25) is 0 Å². The molecule has 1 unspecified atom stereocenters. The van der Waals surface area contributed by atoms with Crippen LogP contribution in [0.3, 0.4) is 0 Å². The first kappa shape index (κ1) is 17.9. The zero-order valence-corrected chi connectivity index (χ0v) is 13.2. The molecule has 8 nitrogen and oxygen atoms in total. The summed E-state index contributed by atoms with van der Waals surface area (Å²) in [5.74, 6) is -0.220. The zero-order chi connectivity index (χ0) is 17.2. The third-order valence-corrected chi connectivity index (χ3v) is 3.35. The average Bonchev–Trinajstić information content (AvgIpc) is 3.12. The molecule has 1 atom stereocenters. The molecule has 1 aliphatic rings. The van der Waals surface area contributed by atoms with E-state index in [1.54, 1.807) is 24.3 Å². The lowest BCUT2D eigenvalue weighted by molar-refractivity contribution is -0.124. The Kier molecular flexibility index (Phi) is 7.19. The number of amides is 2. The van der Waals surface area contributed by atoms with E-state index in [1.807, 2.05) is 0 Å². The maximum atomic E-state index is 11.7. The fraction of sp³-hybridized carbons (Fsp3) is 0.438. The fourth-order valence-electron chi connectivity index (χ4n) is 2.10. The van der Waals surface area contributed by atoms with Crippen LogP contribution in [0.4, 0.5) is 0 Å². The second-order valence-corrected chi connectivity index (χ2v) is 5.25. The molecular formula is C16H21N3O5. The Morgan fingerprint density at radius 1 is 1.33 bits per heavy atom. The quantitative estimate of drug-likeness (QED) is 0.450. The van der Waals surface area contributed by atoms with E-state index < -0.39 is 12.5 Å². The lowest BCUT2D eigenvalue weighted by Gasteiger charge is -2.11. The number of aliphatic hydroxyl groups excluding tert-OH is 1. The van der Waals surface area contributed by atoms with Crippen LogP contribution >= 0.6 is 0 Å². The molecule has 0 bridgehead atoms. The van der Waals surface area contributed by atoms with Crippen LogP contribution in [-0.4, -0.2) is 55.6 Å². The molecular weight excluding hydrogens is 314 g/mol. The van der Waals surface area contributed by atoms with Crippen molar-refractivity contribution in [1.82, 2.24) is 10.7 Å². The van der Waals surface area contributed by atoms with E-state index >= 15 is 0 Å². The molecule has 0 spiro atoms. The second kappa shape index (κ2) is 9.64. The third kappa shape index (κ3) is 6.35. The first-order chi connectivity index (χ1) is 11.7. The molecule has 0 saturated carbocycles. The third-order valence-electron chi connectivity index (χ3n) is 3.35. The van der Waals surface area contributed by atoms with Crippen molar-refractivity contribution in [3.05, 3.63) is 29.8 Å². The van der Waals surface area contributed by atoms with Crippen LogP contribution in [0, 0.1) is 0 Å². The number of aliphatic hydroxyl groups is 1. The van der Waals surface area contributed by atoms with Gasteiger partial charge in [-0.3, -0.25) is 9.59 Å². The number of carbonyl (C=O) groups excluding carboxylic acids is 2. The van der Waals surface area contributed by atoms with E-state index in [4.69, 9.17) is 14.6 Å². The molecule has 0 radical (unpaired) electrons. The Hall–Kier alpha value is -2.45. The van der Waals surface area contributed by atoms with Gasteiger partial charge >= 0.3 is 0 Å². The summed E-state index contributed by atoms with van der Waals surface area (Å²) >= 11 is 0. The first-order valence-electron chi connectivity index (χ1n) is 7.71. The van der Waals surface area contributed by atoms with Crippen LogP contribution in [-0.2, 0) is 14.3 Å². The Morgan fingerprint density at radius 3 is 2.79 bits per heavy atom. The number of nitrogens with one attached hydrogen (secondary N) is 2. The van der Waals surface area contributed by atoms with Gasteiger partial charge in [-0.2, -0.15) is 5.10 Å². The van der Waals surface area contributed by atoms with Crippen molar-refractivity contribution in [1.29, 1.82) is 0 Å². The molecule has 0 aliphatic carbocycles. The maximum Gasteiger partial charge on any atom is 0.265 e. The highest BCUT2D eigenvalue weighted by atomic mass is 16.5. The summed E-state index contributed by atoms with van der Waals surface area (Å²) < 4.78 is 10.8. The smallest absolute Gasteiger partial charge is 0.265 e. The Labute approximate surface area is 139 Å². The number of benzene rings is 1. The number of carbonyl (C=O) groups is 2. The molecule has 3 N–H and O–H groups in total. The van der Waals surface area contributed by atoms with E-state index in [-0.39, 0.29) is 18.6 Å². The van der Waals surface area contributed by atoms with Crippen molar-refractivity contribution < 1.29 is 24.2 Å². The summed E-state index contributed by atoms with van der Waals surface area (Å²) in [5, 5.41) is 15.0. The van der Waals surface area contributed by atoms with Gasteiger partial charge in [-0.25, -0.2) is 5.43 Å². The lowest BCUT2D eigenvalue weighted by atomic mass is 10.2. The van der Waals surface area contributed by atoms with Gasteiger partial charge in [0.1, 0.15) is 12.4 Å². The van der Waals surface area contributed by atoms with Crippen molar-refractivity contribution >= 4 is 18.0 Å². The summed E-state index contributed by atoms with van der Waals surface area (Å²) in [6.45, 7) is 0.597. The topological polar surface area (TPSA) is 109 Å². The summed E-state index contributed by atoms with van der Waals surface area (Å²) in [4.78, 5) is 22.5. The van der Waals surface area contributed by atoms with Gasteiger partial charge in [-0.05, 0) is 42.7 Å². The number of ether oxygens (including phenoxy) is 2. The lowest BCUT2D eigenvalue weighted by Crippen LogP contribution is -2.35. The molecule has 1 aromatic rings. The zero-order valence-electron chi connectivity index (χ0n) is 13.2. The average molecular weight is 335 g/mol. The van der Waals surface area contributed by atoms with E-state index in [0.717, 1.165) is 25.0 Å². The van der Waals surface area contributed by atoms with Crippen molar-refractivity contribution in [3.63, 3.8) is 0 Å². The minimum absolute atomic E-state index is 0.0628. The molecule has 2 amide bonds. The number of rotatable bonds is 8. The molecule has 24 heavy (non-hydrogen) atoms.